The summed E-state index contributed by atoms with van der Waals surface area (Å²) in [7, 11) is 21.9. The Morgan fingerprint density at radius 1 is 0.750 bits per heavy atom. The summed E-state index contributed by atoms with van der Waals surface area (Å²) < 4.78 is 0. The van der Waals surface area contributed by atoms with Gasteiger partial charge >= 0.3 is 42.2 Å². The van der Waals surface area contributed by atoms with Crippen LogP contribution >= 0.6 is 28.8 Å². The number of halogens is 3. The maximum absolute atomic E-state index is 4.97. The van der Waals surface area contributed by atoms with E-state index in [9.17, 15) is 0 Å². The first-order valence-corrected chi connectivity index (χ1v) is 23.4. The summed E-state index contributed by atoms with van der Waals surface area (Å²) in [5.41, 5.74) is 4.02. The summed E-state index contributed by atoms with van der Waals surface area (Å²) in [6, 6.07) is 17.6. The van der Waals surface area contributed by atoms with Crippen molar-refractivity contribution in [2.45, 2.75) is 0 Å². The van der Waals surface area contributed by atoms with Crippen molar-refractivity contribution in [2.24, 2.45) is 0 Å². The molecule has 2 aromatic heterocycles. The topological polar surface area (TPSA) is 122 Å². The fraction of sp³-hybridized carbons (Fsp3) is 0.0870. The summed E-state index contributed by atoms with van der Waals surface area (Å²) in [5, 5.41) is 21.6. The molecule has 2 saturated heterocycles. The minimum atomic E-state index is -1.92. The van der Waals surface area contributed by atoms with E-state index in [1.54, 1.807) is 0 Å². The van der Waals surface area contributed by atoms with Crippen molar-refractivity contribution in [1.29, 1.82) is 0 Å². The van der Waals surface area contributed by atoms with Gasteiger partial charge in [0, 0.05) is 43.9 Å². The van der Waals surface area contributed by atoms with Crippen LogP contribution in [0.5, 0.6) is 0 Å². The Morgan fingerprint density at radius 2 is 1.21 bits per heavy atom. The van der Waals surface area contributed by atoms with Crippen molar-refractivity contribution in [1.82, 2.24) is 40.1 Å². The molecule has 0 saturated carbocycles. The van der Waals surface area contributed by atoms with Gasteiger partial charge in [0.1, 0.15) is 11.6 Å². The van der Waals surface area contributed by atoms with Crippen molar-refractivity contribution >= 4 is 108 Å². The Labute approximate surface area is 316 Å². The van der Waals surface area contributed by atoms with Crippen molar-refractivity contribution in [3.8, 4) is 0 Å². The van der Waals surface area contributed by atoms with Crippen molar-refractivity contribution < 1.29 is 33.6 Å². The molecule has 0 spiro atoms. The van der Waals surface area contributed by atoms with Gasteiger partial charge in [0.15, 0.2) is 14.2 Å². The Hall–Kier alpha value is -1.62. The molecule has 0 atom stereocenters. The average molecular weight is 1060 g/mol. The van der Waals surface area contributed by atoms with Crippen LogP contribution in [0.2, 0.25) is 0 Å². The molecule has 0 unspecified atom stereocenters. The van der Waals surface area contributed by atoms with Gasteiger partial charge < -0.3 is 60.1 Å². The molecule has 8 rings (SSSR count). The Bertz CT molecular complexity index is 1410. The number of fused-ring (bicyclic) bond motifs is 2. The number of benzene rings is 1. The molecular weight excluding hydrogens is 1030 g/mol. The number of pyridine rings is 2. The summed E-state index contributed by atoms with van der Waals surface area (Å²) >= 11 is -1.92. The third kappa shape index (κ3) is 9.18. The normalized spacial score (nSPS) is 17.8. The monoisotopic (exact) mass is 1060 g/mol. The van der Waals surface area contributed by atoms with E-state index in [0.29, 0.717) is 15.1 Å². The van der Waals surface area contributed by atoms with Gasteiger partial charge in [-0.2, -0.15) is 26.1 Å². The average Bonchev–Trinajstić information content (AvgIpc) is 3.82. The number of nitrogens with one attached hydrogen (secondary N) is 4. The molecular formula is C23H28B6Cl3Ir2N14-6. The molecule has 14 nitrogen and oxygen atoms in total. The predicted octanol–water partition coefficient (Wildman–Crippen LogP) is 1.12. The smallest absolute Gasteiger partial charge is 0 e. The van der Waals surface area contributed by atoms with E-state index < -0.39 is 13.5 Å². The third-order valence-corrected chi connectivity index (χ3v) is 7.42. The molecule has 0 amide bonds. The van der Waals surface area contributed by atoms with Crippen LogP contribution in [-0.2, 0) is 33.6 Å². The number of aromatic nitrogens is 2. The molecule has 1 aromatic carbocycles. The van der Waals surface area contributed by atoms with Crippen LogP contribution in [-0.4, -0.2) is 78.1 Å². The van der Waals surface area contributed by atoms with Gasteiger partial charge in [-0.25, -0.2) is 9.97 Å². The summed E-state index contributed by atoms with van der Waals surface area (Å²) in [6.45, 7) is 6.07. The first-order chi connectivity index (χ1) is 22.9. The Kier molecular flexibility index (Phi) is 14.1. The second-order valence-corrected chi connectivity index (χ2v) is 20.8. The summed E-state index contributed by atoms with van der Waals surface area (Å²) in [5.74, 6) is 1.81. The minimum Gasteiger partial charge on any atom is 0 e. The molecule has 253 valence electrons. The SMILES string of the molecule is B1[N-]B(N2C=CN(B3[N-]BNBN3)[CH-]2)NBN1.CN1[CH-]N(c2[c-]c(N3[CH-]N(C)c4cccnc43)ccc2)c2ncccc21.[Cl][Ir]([Cl])[Cl].[Ir]. The number of rotatable bonds is 4. The molecule has 0 bridgehead atoms. The first-order valence-electron chi connectivity index (χ1n) is 14.5. The number of nitrogens with zero attached hydrogens (tertiary/aromatic N) is 10. The molecule has 4 N–H and O–H groups in total. The molecule has 0 aliphatic carbocycles. The van der Waals surface area contributed by atoms with E-state index in [1.165, 1.54) is 0 Å². The van der Waals surface area contributed by atoms with Gasteiger partial charge in [-0.1, -0.05) is 0 Å². The summed E-state index contributed by atoms with van der Waals surface area (Å²) in [6.07, 6.45) is 7.63. The fourth-order valence-electron chi connectivity index (χ4n) is 5.30. The van der Waals surface area contributed by atoms with Crippen LogP contribution in [0.15, 0.2) is 67.3 Å². The molecule has 5 aliphatic heterocycles. The van der Waals surface area contributed by atoms with Crippen molar-refractivity contribution in [2.75, 3.05) is 33.7 Å². The van der Waals surface area contributed by atoms with E-state index in [-0.39, 0.29) is 34.3 Å². The van der Waals surface area contributed by atoms with E-state index >= 15 is 0 Å². The van der Waals surface area contributed by atoms with Crippen molar-refractivity contribution in [3.63, 3.8) is 0 Å². The molecule has 48 heavy (non-hydrogen) atoms. The van der Waals surface area contributed by atoms with E-state index in [0.717, 1.165) is 49.5 Å². The molecule has 5 aliphatic rings. The third-order valence-electron chi connectivity index (χ3n) is 7.42. The fourth-order valence-corrected chi connectivity index (χ4v) is 5.30. The Balaban J connectivity index is 0.000000177. The molecule has 25 heteroatoms. The van der Waals surface area contributed by atoms with Crippen LogP contribution < -0.4 is 40.2 Å². The maximum atomic E-state index is 4.97. The number of anilines is 6. The molecule has 1 radical (unpaired) electrons. The number of hydrogen-bond acceptors (Lipinski definition) is 12. The molecule has 7 heterocycles. The van der Waals surface area contributed by atoms with Crippen LogP contribution in [0.3, 0.4) is 0 Å². The predicted molar refractivity (Wildman–Crippen MR) is 197 cm³/mol. The van der Waals surface area contributed by atoms with Crippen LogP contribution in [0.1, 0.15) is 0 Å². The van der Waals surface area contributed by atoms with Gasteiger partial charge in [0.25, 0.3) is 15.1 Å². The minimum absolute atomic E-state index is 0. The quantitative estimate of drug-likeness (QED) is 0.222. The van der Waals surface area contributed by atoms with Crippen LogP contribution in [0.4, 0.5) is 34.4 Å². The van der Waals surface area contributed by atoms with E-state index in [4.69, 9.17) is 28.8 Å². The van der Waals surface area contributed by atoms with Gasteiger partial charge in [0.05, 0.1) is 15.1 Å². The van der Waals surface area contributed by atoms with Crippen molar-refractivity contribution in [3.05, 3.63) is 104 Å². The van der Waals surface area contributed by atoms with E-state index in [2.05, 4.69) is 78.6 Å². The Morgan fingerprint density at radius 3 is 1.62 bits per heavy atom. The second-order valence-electron chi connectivity index (χ2n) is 10.4. The van der Waals surface area contributed by atoms with E-state index in [1.807, 2.05) is 98.8 Å². The van der Waals surface area contributed by atoms with Gasteiger partial charge in [0.2, 0.25) is 0 Å². The zero-order valence-electron chi connectivity index (χ0n) is 25.8. The zero-order chi connectivity index (χ0) is 32.8. The van der Waals surface area contributed by atoms with Gasteiger partial charge in [-0.15, -0.1) is 29.6 Å². The zero-order valence-corrected chi connectivity index (χ0v) is 32.9. The standard InChI is InChI=1S/C20H17N6.C3H11B6N8.3ClH.2Ir/c1-23-13-25(19-17(23)8-4-10-21-19)15-6-3-7-16(12-15)26-14-24(2)18-9-5-11-22-20(18)26;1-2-17(9-14-6-11-7-15-9)3-16(1)8-12-4-10-5-13-8;;;;;/h3-11,13-14H,1-2H3;1-7,10-12,14H;3*1H;;/q2*-3;;;;;+3/p-3. The van der Waals surface area contributed by atoms with Crippen LogP contribution in [0, 0.1) is 26.1 Å². The molecule has 2 fully saturated rings. The van der Waals surface area contributed by atoms with Crippen LogP contribution in [0.25, 0.3) is 10.3 Å². The first kappa shape index (κ1) is 37.6. The summed E-state index contributed by atoms with van der Waals surface area (Å²) in [4.78, 5) is 21.4. The maximum Gasteiger partial charge on any atom is 0 e. The van der Waals surface area contributed by atoms with Gasteiger partial charge in [-0.05, 0) is 50.8 Å². The second kappa shape index (κ2) is 18.0. The van der Waals surface area contributed by atoms with Gasteiger partial charge in [-0.3, -0.25) is 0 Å². The largest absolute Gasteiger partial charge is 0 e. The molecule has 3 aromatic rings. The number of hydrogen-bond donors (Lipinski definition) is 4.